The van der Waals surface area contributed by atoms with Crippen molar-refractivity contribution < 1.29 is 0 Å². The Balaban J connectivity index is 2.01. The smallest absolute Gasteiger partial charge is 0.194 e. The summed E-state index contributed by atoms with van der Waals surface area (Å²) in [5.41, 5.74) is 6.80. The minimum Gasteiger partial charge on any atom is -0.325 e. The molecule has 0 atom stereocenters. The van der Waals surface area contributed by atoms with E-state index in [9.17, 15) is 0 Å². The van der Waals surface area contributed by atoms with Crippen molar-refractivity contribution in [3.8, 4) is 0 Å². The summed E-state index contributed by atoms with van der Waals surface area (Å²) in [6.07, 6.45) is 1.99. The van der Waals surface area contributed by atoms with Crippen LogP contribution in [-0.2, 0) is 6.54 Å². The molecular weight excluding hydrogens is 274 g/mol. The van der Waals surface area contributed by atoms with Crippen LogP contribution in [0.4, 0.5) is 0 Å². The van der Waals surface area contributed by atoms with E-state index in [-0.39, 0.29) is 0 Å². The van der Waals surface area contributed by atoms with Gasteiger partial charge in [-0.1, -0.05) is 11.3 Å². The summed E-state index contributed by atoms with van der Waals surface area (Å²) in [5, 5.41) is 12.0. The number of hydrogen-bond acceptors (Lipinski definition) is 7. The van der Waals surface area contributed by atoms with Gasteiger partial charge in [0.25, 0.3) is 0 Å². The lowest BCUT2D eigenvalue weighted by atomic mass is 10.5. The van der Waals surface area contributed by atoms with Crippen LogP contribution >= 0.6 is 34.4 Å². The van der Waals surface area contributed by atoms with E-state index in [1.807, 2.05) is 22.9 Å². The van der Waals surface area contributed by atoms with Crippen LogP contribution in [0.5, 0.6) is 0 Å². The number of fused-ring (bicyclic) bond motifs is 1. The second kappa shape index (κ2) is 4.37. The number of aryl methyl sites for hydroxylation is 1. The van der Waals surface area contributed by atoms with Crippen LogP contribution in [0.2, 0.25) is 0 Å². The molecule has 0 spiro atoms. The molecule has 2 N–H and O–H groups in total. The number of nitrogens with zero attached hydrogens (tertiary/aromatic N) is 4. The molecule has 3 aromatic rings. The molecule has 88 valence electrons. The Labute approximate surface area is 110 Å². The third kappa shape index (κ3) is 1.97. The summed E-state index contributed by atoms with van der Waals surface area (Å²) >= 11 is 4.70. The predicted octanol–water partition coefficient (Wildman–Crippen LogP) is 2.17. The summed E-state index contributed by atoms with van der Waals surface area (Å²) < 4.78 is 2.93. The molecule has 0 fully saturated rings. The molecule has 3 heterocycles. The second-order valence-electron chi connectivity index (χ2n) is 3.31. The summed E-state index contributed by atoms with van der Waals surface area (Å²) in [5.74, 6) is 0. The number of rotatable bonds is 3. The van der Waals surface area contributed by atoms with Crippen LogP contribution in [0.15, 0.2) is 20.9 Å². The fourth-order valence-corrected chi connectivity index (χ4v) is 4.13. The highest BCUT2D eigenvalue weighted by Crippen LogP contribution is 2.33. The number of aromatic nitrogens is 4. The average molecular weight is 283 g/mol. The van der Waals surface area contributed by atoms with Crippen LogP contribution in [0.1, 0.15) is 10.7 Å². The van der Waals surface area contributed by atoms with Crippen molar-refractivity contribution in [1.82, 2.24) is 19.6 Å². The summed E-state index contributed by atoms with van der Waals surface area (Å²) in [4.78, 5) is 5.52. The number of imidazole rings is 1. The van der Waals surface area contributed by atoms with Gasteiger partial charge < -0.3 is 5.73 Å². The Hall–Kier alpha value is -0.960. The Morgan fingerprint density at radius 1 is 1.47 bits per heavy atom. The minimum absolute atomic E-state index is 0.470. The van der Waals surface area contributed by atoms with Gasteiger partial charge in [0.15, 0.2) is 9.30 Å². The molecule has 0 radical (unpaired) electrons. The third-order valence-electron chi connectivity index (χ3n) is 2.21. The Morgan fingerprint density at radius 2 is 2.35 bits per heavy atom. The molecule has 0 saturated heterocycles. The summed E-state index contributed by atoms with van der Waals surface area (Å²) in [6.45, 7) is 2.41. The number of thiazole rings is 1. The third-order valence-corrected chi connectivity index (χ3v) is 4.88. The maximum absolute atomic E-state index is 5.78. The van der Waals surface area contributed by atoms with Gasteiger partial charge in [0, 0.05) is 18.1 Å². The van der Waals surface area contributed by atoms with E-state index in [0.29, 0.717) is 6.54 Å². The second-order valence-corrected chi connectivity index (χ2v) is 6.60. The number of hydrogen-bond donors (Lipinski definition) is 1. The minimum atomic E-state index is 0.470. The highest BCUT2D eigenvalue weighted by molar-refractivity contribution is 8.01. The molecule has 0 aliphatic heterocycles. The fourth-order valence-electron chi connectivity index (χ4n) is 1.48. The van der Waals surface area contributed by atoms with Crippen LogP contribution < -0.4 is 5.73 Å². The normalized spacial score (nSPS) is 11.4. The van der Waals surface area contributed by atoms with Crippen LogP contribution in [0, 0.1) is 6.92 Å². The van der Waals surface area contributed by atoms with Crippen molar-refractivity contribution in [3.63, 3.8) is 0 Å². The standard InChI is InChI=1S/C9H9N5S3/c1-5-12-13-9(16-5)17-7-6(4-10)14-2-3-15-8(14)11-7/h2-3H,4,10H2,1H3. The summed E-state index contributed by atoms with van der Waals surface area (Å²) in [7, 11) is 0. The lowest BCUT2D eigenvalue weighted by molar-refractivity contribution is 0.921. The first-order valence-corrected chi connectivity index (χ1v) is 7.41. The van der Waals surface area contributed by atoms with Crippen molar-refractivity contribution in [2.75, 3.05) is 0 Å². The zero-order chi connectivity index (χ0) is 11.8. The molecule has 17 heavy (non-hydrogen) atoms. The largest absolute Gasteiger partial charge is 0.325 e. The lowest BCUT2D eigenvalue weighted by Gasteiger charge is -1.97. The molecule has 0 aliphatic carbocycles. The highest BCUT2D eigenvalue weighted by Gasteiger charge is 2.14. The van der Waals surface area contributed by atoms with Crippen molar-refractivity contribution in [2.24, 2.45) is 5.73 Å². The predicted molar refractivity (Wildman–Crippen MR) is 69.7 cm³/mol. The maximum atomic E-state index is 5.78. The molecule has 5 nitrogen and oxygen atoms in total. The first-order valence-electron chi connectivity index (χ1n) is 4.90. The van der Waals surface area contributed by atoms with Crippen molar-refractivity contribution in [2.45, 2.75) is 22.8 Å². The van der Waals surface area contributed by atoms with Gasteiger partial charge in [0.1, 0.15) is 10.0 Å². The van der Waals surface area contributed by atoms with Crippen molar-refractivity contribution in [3.05, 3.63) is 22.3 Å². The maximum Gasteiger partial charge on any atom is 0.194 e. The Bertz CT molecular complexity index is 652. The van der Waals surface area contributed by atoms with E-state index < -0.39 is 0 Å². The quantitative estimate of drug-likeness (QED) is 0.797. The van der Waals surface area contributed by atoms with Crippen LogP contribution in [0.25, 0.3) is 4.96 Å². The first kappa shape index (κ1) is 11.1. The molecule has 0 unspecified atom stereocenters. The highest BCUT2D eigenvalue weighted by atomic mass is 32.2. The average Bonchev–Trinajstić information content (AvgIpc) is 2.95. The van der Waals surface area contributed by atoms with E-state index in [1.165, 1.54) is 11.8 Å². The Kier molecular flexibility index (Phi) is 2.87. The van der Waals surface area contributed by atoms with Crippen LogP contribution in [-0.4, -0.2) is 19.6 Å². The SMILES string of the molecule is Cc1nnc(Sc2nc3sccn3c2CN)s1. The van der Waals surface area contributed by atoms with Gasteiger partial charge in [-0.15, -0.1) is 21.5 Å². The molecule has 8 heteroatoms. The van der Waals surface area contributed by atoms with E-state index in [0.717, 1.165) is 25.0 Å². The van der Waals surface area contributed by atoms with Gasteiger partial charge in [0.2, 0.25) is 0 Å². The zero-order valence-corrected chi connectivity index (χ0v) is 11.4. The van der Waals surface area contributed by atoms with E-state index in [1.54, 1.807) is 22.7 Å². The topological polar surface area (TPSA) is 69.1 Å². The molecule has 0 aromatic carbocycles. The van der Waals surface area contributed by atoms with Gasteiger partial charge in [-0.25, -0.2) is 4.98 Å². The molecule has 3 rings (SSSR count). The zero-order valence-electron chi connectivity index (χ0n) is 8.95. The monoisotopic (exact) mass is 283 g/mol. The molecular formula is C9H9N5S3. The fraction of sp³-hybridized carbons (Fsp3) is 0.222. The summed E-state index contributed by atoms with van der Waals surface area (Å²) in [6, 6.07) is 0. The van der Waals surface area contributed by atoms with Gasteiger partial charge >= 0.3 is 0 Å². The molecule has 0 saturated carbocycles. The van der Waals surface area contributed by atoms with Gasteiger partial charge in [-0.3, -0.25) is 4.40 Å². The first-order chi connectivity index (χ1) is 8.28. The van der Waals surface area contributed by atoms with Gasteiger partial charge in [-0.2, -0.15) is 0 Å². The van der Waals surface area contributed by atoms with E-state index in [4.69, 9.17) is 5.73 Å². The van der Waals surface area contributed by atoms with Gasteiger partial charge in [0.05, 0.1) is 5.69 Å². The molecule has 0 bridgehead atoms. The van der Waals surface area contributed by atoms with Crippen LogP contribution in [0.3, 0.4) is 0 Å². The Morgan fingerprint density at radius 3 is 3.06 bits per heavy atom. The molecule has 3 aromatic heterocycles. The molecule has 0 amide bonds. The van der Waals surface area contributed by atoms with Gasteiger partial charge in [-0.05, 0) is 18.7 Å². The number of nitrogens with two attached hydrogens (primary N) is 1. The molecule has 0 aliphatic rings. The van der Waals surface area contributed by atoms with Crippen molar-refractivity contribution in [1.29, 1.82) is 0 Å². The van der Waals surface area contributed by atoms with Crippen molar-refractivity contribution >= 4 is 39.4 Å². The van der Waals surface area contributed by atoms with E-state index in [2.05, 4.69) is 15.2 Å². The lowest BCUT2D eigenvalue weighted by Crippen LogP contribution is -2.00. The van der Waals surface area contributed by atoms with E-state index >= 15 is 0 Å².